The Morgan fingerprint density at radius 2 is 1.77 bits per heavy atom. The number of halogens is 2. The van der Waals surface area contributed by atoms with E-state index < -0.39 is 0 Å². The fraction of sp³-hybridized carbons (Fsp3) is 0.350. The highest BCUT2D eigenvalue weighted by Crippen LogP contribution is 2.18. The number of hydrogen-bond donors (Lipinski definition) is 1. The van der Waals surface area contributed by atoms with Crippen LogP contribution in [-0.4, -0.2) is 48.6 Å². The zero-order chi connectivity index (χ0) is 18.4. The quantitative estimate of drug-likeness (QED) is 0.833. The van der Waals surface area contributed by atoms with Gasteiger partial charge in [0.2, 0.25) is 0 Å². The number of carbonyl (C=O) groups excluding carboxylic acids is 1. The lowest BCUT2D eigenvalue weighted by atomic mass is 10.1. The Balaban J connectivity index is 1.40. The number of amides is 2. The minimum absolute atomic E-state index is 0.00409. The summed E-state index contributed by atoms with van der Waals surface area (Å²) in [5.41, 5.74) is 2.26. The van der Waals surface area contributed by atoms with Crippen LogP contribution in [-0.2, 0) is 13.0 Å². The van der Waals surface area contributed by atoms with Crippen LogP contribution in [0.2, 0.25) is 10.0 Å². The van der Waals surface area contributed by atoms with Crippen LogP contribution < -0.4 is 5.32 Å². The van der Waals surface area contributed by atoms with Crippen LogP contribution >= 0.6 is 23.2 Å². The van der Waals surface area contributed by atoms with Gasteiger partial charge in [-0.1, -0.05) is 53.5 Å². The van der Waals surface area contributed by atoms with Crippen molar-refractivity contribution in [1.82, 2.24) is 15.1 Å². The molecule has 2 aromatic rings. The van der Waals surface area contributed by atoms with Gasteiger partial charge in [-0.3, -0.25) is 4.90 Å². The van der Waals surface area contributed by atoms with Gasteiger partial charge in [0.15, 0.2) is 0 Å². The summed E-state index contributed by atoms with van der Waals surface area (Å²) in [6.07, 6.45) is 0.777. The number of benzene rings is 2. The van der Waals surface area contributed by atoms with Gasteiger partial charge in [-0.2, -0.15) is 0 Å². The zero-order valence-electron chi connectivity index (χ0n) is 14.6. The number of rotatable bonds is 5. The fourth-order valence-electron chi connectivity index (χ4n) is 3.09. The second kappa shape index (κ2) is 9.26. The Labute approximate surface area is 164 Å². The second-order valence-corrected chi connectivity index (χ2v) is 7.31. The number of urea groups is 1. The molecule has 2 aromatic carbocycles. The minimum atomic E-state index is 0.00409. The molecule has 0 aromatic heterocycles. The van der Waals surface area contributed by atoms with E-state index in [0.29, 0.717) is 6.54 Å². The van der Waals surface area contributed by atoms with Gasteiger partial charge in [-0.15, -0.1) is 0 Å². The van der Waals surface area contributed by atoms with Crippen molar-refractivity contribution in [2.24, 2.45) is 0 Å². The fourth-order valence-corrected chi connectivity index (χ4v) is 3.50. The highest BCUT2D eigenvalue weighted by atomic mass is 35.5. The van der Waals surface area contributed by atoms with Gasteiger partial charge < -0.3 is 10.2 Å². The summed E-state index contributed by atoms with van der Waals surface area (Å²) in [7, 11) is 0. The lowest BCUT2D eigenvalue weighted by Crippen LogP contribution is -2.51. The van der Waals surface area contributed by atoms with E-state index in [0.717, 1.165) is 60.3 Å². The molecule has 1 heterocycles. The first-order chi connectivity index (χ1) is 12.6. The summed E-state index contributed by atoms with van der Waals surface area (Å²) in [6.45, 7) is 4.60. The van der Waals surface area contributed by atoms with Crippen LogP contribution in [0.4, 0.5) is 4.79 Å². The summed E-state index contributed by atoms with van der Waals surface area (Å²) in [4.78, 5) is 16.5. The Morgan fingerprint density at radius 3 is 2.50 bits per heavy atom. The molecular weight excluding hydrogens is 369 g/mol. The molecule has 1 saturated heterocycles. The van der Waals surface area contributed by atoms with E-state index in [4.69, 9.17) is 23.2 Å². The van der Waals surface area contributed by atoms with Crippen LogP contribution in [0.5, 0.6) is 0 Å². The topological polar surface area (TPSA) is 35.6 Å². The second-order valence-electron chi connectivity index (χ2n) is 6.47. The van der Waals surface area contributed by atoms with Crippen molar-refractivity contribution in [3.8, 4) is 0 Å². The molecule has 0 unspecified atom stereocenters. The van der Waals surface area contributed by atoms with Gasteiger partial charge in [0, 0.05) is 49.3 Å². The van der Waals surface area contributed by atoms with Crippen molar-refractivity contribution < 1.29 is 4.79 Å². The van der Waals surface area contributed by atoms with E-state index in [-0.39, 0.29) is 6.03 Å². The summed E-state index contributed by atoms with van der Waals surface area (Å²) in [6, 6.07) is 15.7. The van der Waals surface area contributed by atoms with Crippen molar-refractivity contribution in [3.05, 3.63) is 69.7 Å². The smallest absolute Gasteiger partial charge is 0.317 e. The summed E-state index contributed by atoms with van der Waals surface area (Å²) < 4.78 is 0. The summed E-state index contributed by atoms with van der Waals surface area (Å²) in [5.74, 6) is 0. The molecule has 1 aliphatic rings. The minimum Gasteiger partial charge on any atom is -0.338 e. The Hall–Kier alpha value is -1.75. The molecule has 4 nitrogen and oxygen atoms in total. The molecule has 0 spiro atoms. The van der Waals surface area contributed by atoms with Crippen molar-refractivity contribution in [2.45, 2.75) is 13.0 Å². The zero-order valence-corrected chi connectivity index (χ0v) is 16.1. The molecule has 6 heteroatoms. The van der Waals surface area contributed by atoms with E-state index in [1.807, 2.05) is 47.4 Å². The van der Waals surface area contributed by atoms with Crippen LogP contribution in [0.15, 0.2) is 48.5 Å². The predicted octanol–water partition coefficient (Wildman–Crippen LogP) is 4.06. The molecule has 2 amide bonds. The summed E-state index contributed by atoms with van der Waals surface area (Å²) in [5, 5.41) is 4.52. The molecule has 0 saturated carbocycles. The Bertz CT molecular complexity index is 745. The molecule has 0 bridgehead atoms. The highest BCUT2D eigenvalue weighted by Gasteiger charge is 2.21. The molecule has 1 fully saturated rings. The standard InChI is InChI=1S/C20H23Cl2N3O/c21-18-6-3-4-16(14-18)8-9-23-20(26)25-12-10-24(11-13-25)15-17-5-1-2-7-19(17)22/h1-7,14H,8-13,15H2,(H,23,26). The molecule has 0 aliphatic carbocycles. The first-order valence-corrected chi connectivity index (χ1v) is 9.60. The molecule has 3 rings (SSSR count). The van der Waals surface area contributed by atoms with E-state index in [1.165, 1.54) is 0 Å². The van der Waals surface area contributed by atoms with Crippen molar-refractivity contribution in [3.63, 3.8) is 0 Å². The molecule has 1 aliphatic heterocycles. The largest absolute Gasteiger partial charge is 0.338 e. The van der Waals surface area contributed by atoms with Gasteiger partial charge >= 0.3 is 6.03 Å². The summed E-state index contributed by atoms with van der Waals surface area (Å²) >= 11 is 12.2. The lowest BCUT2D eigenvalue weighted by molar-refractivity contribution is 0.135. The van der Waals surface area contributed by atoms with Crippen molar-refractivity contribution in [1.29, 1.82) is 0 Å². The van der Waals surface area contributed by atoms with Crippen LogP contribution in [0.1, 0.15) is 11.1 Å². The Morgan fingerprint density at radius 1 is 1.00 bits per heavy atom. The average Bonchev–Trinajstić information content (AvgIpc) is 2.64. The molecule has 26 heavy (non-hydrogen) atoms. The number of carbonyl (C=O) groups is 1. The first-order valence-electron chi connectivity index (χ1n) is 8.85. The van der Waals surface area contributed by atoms with Crippen molar-refractivity contribution >= 4 is 29.2 Å². The molecule has 1 N–H and O–H groups in total. The number of nitrogens with zero attached hydrogens (tertiary/aromatic N) is 2. The molecule has 0 radical (unpaired) electrons. The van der Waals surface area contributed by atoms with Crippen molar-refractivity contribution in [2.75, 3.05) is 32.7 Å². The van der Waals surface area contributed by atoms with E-state index in [1.54, 1.807) is 0 Å². The molecule has 138 valence electrons. The van der Waals surface area contributed by atoms with Gasteiger partial charge in [0.1, 0.15) is 0 Å². The maximum atomic E-state index is 12.3. The Kier molecular flexibility index (Phi) is 6.78. The monoisotopic (exact) mass is 391 g/mol. The van der Waals surface area contributed by atoms with E-state index >= 15 is 0 Å². The number of piperazine rings is 1. The maximum Gasteiger partial charge on any atom is 0.317 e. The highest BCUT2D eigenvalue weighted by molar-refractivity contribution is 6.31. The van der Waals surface area contributed by atoms with Gasteiger partial charge in [-0.05, 0) is 35.7 Å². The van der Waals surface area contributed by atoms with Gasteiger partial charge in [0.05, 0.1) is 0 Å². The SMILES string of the molecule is O=C(NCCc1cccc(Cl)c1)N1CCN(Cc2ccccc2Cl)CC1. The first kappa shape index (κ1) is 19.0. The van der Waals surface area contributed by atoms with Crippen LogP contribution in [0.25, 0.3) is 0 Å². The average molecular weight is 392 g/mol. The van der Waals surface area contributed by atoms with Gasteiger partial charge in [-0.25, -0.2) is 4.79 Å². The van der Waals surface area contributed by atoms with Crippen LogP contribution in [0.3, 0.4) is 0 Å². The van der Waals surface area contributed by atoms with Crippen LogP contribution in [0, 0.1) is 0 Å². The number of hydrogen-bond acceptors (Lipinski definition) is 2. The normalized spacial score (nSPS) is 15.1. The third-order valence-corrected chi connectivity index (χ3v) is 5.19. The molecule has 0 atom stereocenters. The maximum absolute atomic E-state index is 12.3. The number of nitrogens with one attached hydrogen (secondary N) is 1. The van der Waals surface area contributed by atoms with E-state index in [9.17, 15) is 4.79 Å². The predicted molar refractivity (Wildman–Crippen MR) is 107 cm³/mol. The third kappa shape index (κ3) is 5.37. The molecular formula is C20H23Cl2N3O. The third-order valence-electron chi connectivity index (χ3n) is 4.59. The van der Waals surface area contributed by atoms with E-state index in [2.05, 4.69) is 16.3 Å². The van der Waals surface area contributed by atoms with Gasteiger partial charge in [0.25, 0.3) is 0 Å². The lowest BCUT2D eigenvalue weighted by Gasteiger charge is -2.34.